The number of nitrogens with zero attached hydrogens (tertiary/aromatic N) is 1. The molecule has 2 rings (SSSR count). The standard InChI is InChI=1S/C19H19NO6/c1-2-19(20(23)24,13-25-17(21)15-9-5-3-6-10-15)14-26-18(22)16-11-7-4-8-12-16/h3-12H,2,13-14H2,1H3. The second-order valence-electron chi connectivity index (χ2n) is 5.72. The maximum absolute atomic E-state index is 12.0. The third-order valence-electron chi connectivity index (χ3n) is 4.01. The Balaban J connectivity index is 2.04. The molecule has 0 N–H and O–H groups in total. The molecule has 0 unspecified atom stereocenters. The van der Waals surface area contributed by atoms with E-state index in [1.54, 1.807) is 67.6 Å². The van der Waals surface area contributed by atoms with Crippen LogP contribution in [0.1, 0.15) is 34.1 Å². The highest BCUT2D eigenvalue weighted by Gasteiger charge is 2.44. The van der Waals surface area contributed by atoms with Crippen LogP contribution in [0.3, 0.4) is 0 Å². The fourth-order valence-electron chi connectivity index (χ4n) is 2.20. The molecule has 0 aliphatic rings. The van der Waals surface area contributed by atoms with Crippen molar-refractivity contribution in [2.45, 2.75) is 18.9 Å². The molecule has 7 heteroatoms. The molecule has 0 fully saturated rings. The van der Waals surface area contributed by atoms with Crippen molar-refractivity contribution < 1.29 is 24.0 Å². The molecular weight excluding hydrogens is 338 g/mol. The number of benzene rings is 2. The summed E-state index contributed by atoms with van der Waals surface area (Å²) in [6.07, 6.45) is 0.0319. The minimum absolute atomic E-state index is 0.0319. The molecule has 0 spiro atoms. The Bertz CT molecular complexity index is 705. The lowest BCUT2D eigenvalue weighted by Gasteiger charge is -2.23. The number of carbonyl (C=O) groups excluding carboxylic acids is 2. The van der Waals surface area contributed by atoms with E-state index in [4.69, 9.17) is 9.47 Å². The molecule has 0 heterocycles. The number of ether oxygens (including phenoxy) is 2. The highest BCUT2D eigenvalue weighted by molar-refractivity contribution is 5.89. The number of nitro groups is 1. The summed E-state index contributed by atoms with van der Waals surface area (Å²) in [6.45, 7) is 0.591. The highest BCUT2D eigenvalue weighted by Crippen LogP contribution is 2.18. The van der Waals surface area contributed by atoms with Gasteiger partial charge in [-0.2, -0.15) is 0 Å². The Morgan fingerprint density at radius 2 is 1.27 bits per heavy atom. The second-order valence-corrected chi connectivity index (χ2v) is 5.72. The third-order valence-corrected chi connectivity index (χ3v) is 4.01. The Kier molecular flexibility index (Phi) is 6.43. The maximum atomic E-state index is 12.0. The fourth-order valence-corrected chi connectivity index (χ4v) is 2.20. The molecule has 0 aliphatic heterocycles. The van der Waals surface area contributed by atoms with E-state index in [9.17, 15) is 19.7 Å². The van der Waals surface area contributed by atoms with Gasteiger partial charge in [-0.1, -0.05) is 43.3 Å². The number of hydrogen-bond acceptors (Lipinski definition) is 6. The third kappa shape index (κ3) is 4.66. The van der Waals surface area contributed by atoms with Gasteiger partial charge in [0.05, 0.1) is 11.1 Å². The van der Waals surface area contributed by atoms with E-state index in [0.717, 1.165) is 0 Å². The van der Waals surface area contributed by atoms with Gasteiger partial charge < -0.3 is 9.47 Å². The van der Waals surface area contributed by atoms with Crippen LogP contribution in [0.4, 0.5) is 0 Å². The first-order valence-electron chi connectivity index (χ1n) is 8.07. The lowest BCUT2D eigenvalue weighted by molar-refractivity contribution is -0.576. The zero-order valence-corrected chi connectivity index (χ0v) is 14.3. The predicted octanol–water partition coefficient (Wildman–Crippen LogP) is 3.13. The number of rotatable bonds is 8. The molecule has 0 amide bonds. The number of esters is 2. The van der Waals surface area contributed by atoms with Crippen molar-refractivity contribution in [2.24, 2.45) is 0 Å². The van der Waals surface area contributed by atoms with Gasteiger partial charge in [0.15, 0.2) is 13.2 Å². The van der Waals surface area contributed by atoms with E-state index in [2.05, 4.69) is 0 Å². The SMILES string of the molecule is CCC(COC(=O)c1ccccc1)(COC(=O)c1ccccc1)[N+](=O)[O-]. The Labute approximate surface area is 150 Å². The smallest absolute Gasteiger partial charge is 0.338 e. The molecule has 0 radical (unpaired) electrons. The minimum atomic E-state index is -1.70. The first-order chi connectivity index (χ1) is 12.5. The van der Waals surface area contributed by atoms with Crippen LogP contribution in [0.5, 0.6) is 0 Å². The molecule has 2 aromatic carbocycles. The van der Waals surface area contributed by atoms with Gasteiger partial charge in [0, 0.05) is 11.3 Å². The number of carbonyl (C=O) groups is 2. The fraction of sp³-hybridized carbons (Fsp3) is 0.263. The van der Waals surface area contributed by atoms with Crippen molar-refractivity contribution in [3.63, 3.8) is 0 Å². The zero-order valence-electron chi connectivity index (χ0n) is 14.3. The van der Waals surface area contributed by atoms with Gasteiger partial charge in [-0.15, -0.1) is 0 Å². The molecule has 0 bridgehead atoms. The molecule has 0 saturated heterocycles. The highest BCUT2D eigenvalue weighted by atomic mass is 16.6. The summed E-state index contributed by atoms with van der Waals surface area (Å²) in [7, 11) is 0. The van der Waals surface area contributed by atoms with Gasteiger partial charge in [0.2, 0.25) is 0 Å². The van der Waals surface area contributed by atoms with Crippen molar-refractivity contribution in [1.29, 1.82) is 0 Å². The van der Waals surface area contributed by atoms with Gasteiger partial charge in [-0.25, -0.2) is 9.59 Å². The van der Waals surface area contributed by atoms with E-state index in [-0.39, 0.29) is 6.42 Å². The lowest BCUT2D eigenvalue weighted by atomic mass is 9.99. The molecule has 2 aromatic rings. The van der Waals surface area contributed by atoms with E-state index >= 15 is 0 Å². The molecule has 7 nitrogen and oxygen atoms in total. The molecule has 0 aromatic heterocycles. The van der Waals surface area contributed by atoms with E-state index in [1.165, 1.54) is 0 Å². The van der Waals surface area contributed by atoms with Crippen LogP contribution >= 0.6 is 0 Å². The van der Waals surface area contributed by atoms with Crippen LogP contribution < -0.4 is 0 Å². The average molecular weight is 357 g/mol. The van der Waals surface area contributed by atoms with E-state index < -0.39 is 35.6 Å². The normalized spacial score (nSPS) is 10.8. The molecular formula is C19H19NO6. The average Bonchev–Trinajstić information content (AvgIpc) is 2.69. The summed E-state index contributed by atoms with van der Waals surface area (Å²) in [5, 5.41) is 11.6. The Morgan fingerprint density at radius 3 is 1.58 bits per heavy atom. The molecule has 0 saturated carbocycles. The van der Waals surface area contributed by atoms with Crippen LogP contribution in [0, 0.1) is 10.1 Å². The van der Waals surface area contributed by atoms with Crippen molar-refractivity contribution in [1.82, 2.24) is 0 Å². The van der Waals surface area contributed by atoms with Gasteiger partial charge in [-0.3, -0.25) is 10.1 Å². The summed E-state index contributed by atoms with van der Waals surface area (Å²) < 4.78 is 10.2. The van der Waals surface area contributed by atoms with Crippen LogP contribution in [-0.2, 0) is 9.47 Å². The van der Waals surface area contributed by atoms with Gasteiger partial charge in [-0.05, 0) is 24.3 Å². The summed E-state index contributed by atoms with van der Waals surface area (Å²) in [5.74, 6) is -1.33. The molecule has 136 valence electrons. The monoisotopic (exact) mass is 357 g/mol. The topological polar surface area (TPSA) is 95.7 Å². The minimum Gasteiger partial charge on any atom is -0.454 e. The quantitative estimate of drug-likeness (QED) is 0.409. The van der Waals surface area contributed by atoms with E-state index in [1.807, 2.05) is 0 Å². The molecule has 0 atom stereocenters. The number of hydrogen-bond donors (Lipinski definition) is 0. The van der Waals surface area contributed by atoms with Crippen LogP contribution in [0.2, 0.25) is 0 Å². The summed E-state index contributed by atoms with van der Waals surface area (Å²) >= 11 is 0. The summed E-state index contributed by atoms with van der Waals surface area (Å²) in [5.41, 5.74) is -1.11. The first kappa shape index (κ1) is 19.1. The van der Waals surface area contributed by atoms with Crippen molar-refractivity contribution >= 4 is 11.9 Å². The second kappa shape index (κ2) is 8.75. The van der Waals surface area contributed by atoms with Gasteiger partial charge in [0.25, 0.3) is 5.54 Å². The zero-order chi connectivity index (χ0) is 19.0. The Hall–Kier alpha value is -3.22. The lowest BCUT2D eigenvalue weighted by Crippen LogP contribution is -2.48. The Morgan fingerprint density at radius 1 is 0.885 bits per heavy atom. The molecule has 0 aliphatic carbocycles. The largest absolute Gasteiger partial charge is 0.454 e. The van der Waals surface area contributed by atoms with Crippen LogP contribution in [0.15, 0.2) is 60.7 Å². The first-order valence-corrected chi connectivity index (χ1v) is 8.07. The van der Waals surface area contributed by atoms with Crippen LogP contribution in [-0.4, -0.2) is 35.6 Å². The van der Waals surface area contributed by atoms with E-state index in [0.29, 0.717) is 11.1 Å². The maximum Gasteiger partial charge on any atom is 0.338 e. The van der Waals surface area contributed by atoms with Crippen LogP contribution in [0.25, 0.3) is 0 Å². The van der Waals surface area contributed by atoms with Crippen molar-refractivity contribution in [3.8, 4) is 0 Å². The summed E-state index contributed by atoms with van der Waals surface area (Å²) in [6, 6.07) is 16.4. The predicted molar refractivity (Wildman–Crippen MR) is 93.5 cm³/mol. The van der Waals surface area contributed by atoms with Crippen molar-refractivity contribution in [2.75, 3.05) is 13.2 Å². The van der Waals surface area contributed by atoms with Gasteiger partial charge >= 0.3 is 11.9 Å². The van der Waals surface area contributed by atoms with Gasteiger partial charge in [0.1, 0.15) is 0 Å². The molecule has 26 heavy (non-hydrogen) atoms. The van der Waals surface area contributed by atoms with Crippen molar-refractivity contribution in [3.05, 3.63) is 81.9 Å². The summed E-state index contributed by atoms with van der Waals surface area (Å²) in [4.78, 5) is 35.1.